The second-order valence-corrected chi connectivity index (χ2v) is 3.51. The van der Waals surface area contributed by atoms with Crippen LogP contribution in [0, 0.1) is 11.8 Å². The Morgan fingerprint density at radius 2 is 1.91 bits per heavy atom. The first kappa shape index (κ1) is 10.4. The predicted molar refractivity (Wildman–Crippen MR) is 46.2 cm³/mol. The zero-order valence-corrected chi connectivity index (χ0v) is 7.63. The molecular formula is C9H17NO. The molecule has 0 heterocycles. The van der Waals surface area contributed by atoms with Crippen LogP contribution in [-0.4, -0.2) is 12.6 Å². The summed E-state index contributed by atoms with van der Waals surface area (Å²) in [5, 5.41) is 0. The molecule has 0 N–H and O–H groups in total. The van der Waals surface area contributed by atoms with Gasteiger partial charge in [0.1, 0.15) is 0 Å². The van der Waals surface area contributed by atoms with Gasteiger partial charge < -0.3 is 0 Å². The molecular weight excluding hydrogens is 138 g/mol. The van der Waals surface area contributed by atoms with E-state index in [0.717, 1.165) is 12.3 Å². The van der Waals surface area contributed by atoms with Gasteiger partial charge in [-0.2, -0.15) is 0 Å². The van der Waals surface area contributed by atoms with E-state index < -0.39 is 0 Å². The summed E-state index contributed by atoms with van der Waals surface area (Å²) in [4.78, 5) is 13.3. The lowest BCUT2D eigenvalue weighted by molar-refractivity contribution is 0.456. The maximum atomic E-state index is 9.76. The quantitative estimate of drug-likeness (QED) is 0.443. The van der Waals surface area contributed by atoms with E-state index in [1.54, 1.807) is 6.08 Å². The highest BCUT2D eigenvalue weighted by Gasteiger charge is 2.01. The van der Waals surface area contributed by atoms with Crippen LogP contribution in [0.1, 0.15) is 33.6 Å². The molecule has 0 aromatic carbocycles. The molecule has 0 radical (unpaired) electrons. The number of aliphatic imine (C=N–C) groups is 1. The fourth-order valence-electron chi connectivity index (χ4n) is 0.902. The van der Waals surface area contributed by atoms with E-state index in [1.165, 1.54) is 6.42 Å². The van der Waals surface area contributed by atoms with Crippen molar-refractivity contribution in [1.82, 2.24) is 0 Å². The lowest BCUT2D eigenvalue weighted by Gasteiger charge is -2.08. The van der Waals surface area contributed by atoms with Crippen molar-refractivity contribution < 1.29 is 4.79 Å². The van der Waals surface area contributed by atoms with Crippen LogP contribution < -0.4 is 0 Å². The third-order valence-corrected chi connectivity index (χ3v) is 1.70. The van der Waals surface area contributed by atoms with Gasteiger partial charge in [-0.05, 0) is 18.3 Å². The first-order valence-electron chi connectivity index (χ1n) is 4.20. The van der Waals surface area contributed by atoms with Crippen molar-refractivity contribution in [3.63, 3.8) is 0 Å². The van der Waals surface area contributed by atoms with Crippen molar-refractivity contribution in [2.75, 3.05) is 6.54 Å². The summed E-state index contributed by atoms with van der Waals surface area (Å²) in [7, 11) is 0. The van der Waals surface area contributed by atoms with Crippen molar-refractivity contribution >= 4 is 6.08 Å². The highest BCUT2D eigenvalue weighted by molar-refractivity contribution is 5.32. The molecule has 0 amide bonds. The summed E-state index contributed by atoms with van der Waals surface area (Å²) in [5.74, 6) is 1.27. The Kier molecular flexibility index (Phi) is 5.77. The molecule has 1 atom stereocenters. The summed E-state index contributed by atoms with van der Waals surface area (Å²) in [6.07, 6.45) is 3.93. The van der Waals surface area contributed by atoms with Crippen molar-refractivity contribution in [2.24, 2.45) is 16.8 Å². The number of carbonyl (C=O) groups excluding carboxylic acids is 1. The Labute approximate surface area is 68.7 Å². The topological polar surface area (TPSA) is 29.4 Å². The molecule has 0 aromatic rings. The molecule has 0 saturated heterocycles. The van der Waals surface area contributed by atoms with Crippen molar-refractivity contribution in [2.45, 2.75) is 33.6 Å². The summed E-state index contributed by atoms with van der Waals surface area (Å²) in [6.45, 7) is 7.16. The molecule has 2 nitrogen and oxygen atoms in total. The van der Waals surface area contributed by atoms with Crippen LogP contribution in [-0.2, 0) is 4.79 Å². The van der Waals surface area contributed by atoms with E-state index in [1.807, 2.05) is 0 Å². The minimum absolute atomic E-state index is 0.527. The molecule has 0 bridgehead atoms. The highest BCUT2D eigenvalue weighted by Crippen LogP contribution is 2.11. The molecule has 0 unspecified atom stereocenters. The van der Waals surface area contributed by atoms with E-state index in [2.05, 4.69) is 25.8 Å². The van der Waals surface area contributed by atoms with Gasteiger partial charge in [0, 0.05) is 0 Å². The molecule has 0 fully saturated rings. The molecule has 2 heteroatoms. The van der Waals surface area contributed by atoms with Gasteiger partial charge in [-0.25, -0.2) is 9.79 Å². The number of rotatable bonds is 5. The second-order valence-electron chi connectivity index (χ2n) is 3.51. The molecule has 0 rings (SSSR count). The number of hydrogen-bond acceptors (Lipinski definition) is 2. The Morgan fingerprint density at radius 1 is 1.27 bits per heavy atom. The fourth-order valence-corrected chi connectivity index (χ4v) is 0.902. The van der Waals surface area contributed by atoms with Crippen LogP contribution in [0.25, 0.3) is 0 Å². The molecule has 0 aliphatic rings. The average molecular weight is 155 g/mol. The van der Waals surface area contributed by atoms with Crippen LogP contribution >= 0.6 is 0 Å². The fraction of sp³-hybridized carbons (Fsp3) is 0.889. The Bertz CT molecular complexity index is 136. The predicted octanol–water partition coefficient (Wildman–Crippen LogP) is 2.39. The van der Waals surface area contributed by atoms with E-state index in [0.29, 0.717) is 12.5 Å². The molecule has 0 aliphatic carbocycles. The summed E-state index contributed by atoms with van der Waals surface area (Å²) < 4.78 is 0. The zero-order valence-electron chi connectivity index (χ0n) is 7.63. The van der Waals surface area contributed by atoms with E-state index in [4.69, 9.17) is 0 Å². The van der Waals surface area contributed by atoms with E-state index in [-0.39, 0.29) is 0 Å². The number of nitrogens with zero attached hydrogens (tertiary/aromatic N) is 1. The number of isocyanates is 1. The van der Waals surface area contributed by atoms with Gasteiger partial charge in [0.15, 0.2) is 0 Å². The largest absolute Gasteiger partial charge is 0.234 e. The lowest BCUT2D eigenvalue weighted by Crippen LogP contribution is -2.01. The number of hydrogen-bond donors (Lipinski definition) is 0. The van der Waals surface area contributed by atoms with Gasteiger partial charge in [0.2, 0.25) is 6.08 Å². The van der Waals surface area contributed by atoms with Gasteiger partial charge in [-0.1, -0.05) is 27.2 Å². The SMILES string of the molecule is CC(C)CC[C@@H](C)CN=C=O. The summed E-state index contributed by atoms with van der Waals surface area (Å²) in [6, 6.07) is 0. The first-order valence-corrected chi connectivity index (χ1v) is 4.20. The third-order valence-electron chi connectivity index (χ3n) is 1.70. The minimum atomic E-state index is 0.527. The molecule has 0 spiro atoms. The van der Waals surface area contributed by atoms with Gasteiger partial charge in [0.25, 0.3) is 0 Å². The third kappa shape index (κ3) is 7.27. The normalized spacial score (nSPS) is 12.7. The zero-order chi connectivity index (χ0) is 8.69. The maximum Gasteiger partial charge on any atom is 0.234 e. The molecule has 11 heavy (non-hydrogen) atoms. The van der Waals surface area contributed by atoms with Gasteiger partial charge in [-0.15, -0.1) is 0 Å². The van der Waals surface area contributed by atoms with Gasteiger partial charge in [0.05, 0.1) is 6.54 Å². The lowest BCUT2D eigenvalue weighted by atomic mass is 10.00. The minimum Gasteiger partial charge on any atom is -0.211 e. The Balaban J connectivity index is 3.36. The molecule has 0 aliphatic heterocycles. The van der Waals surface area contributed by atoms with Crippen LogP contribution in [0.4, 0.5) is 0 Å². The van der Waals surface area contributed by atoms with Crippen molar-refractivity contribution in [3.8, 4) is 0 Å². The summed E-state index contributed by atoms with van der Waals surface area (Å²) >= 11 is 0. The second kappa shape index (κ2) is 6.11. The monoisotopic (exact) mass is 155 g/mol. The van der Waals surface area contributed by atoms with Gasteiger partial charge >= 0.3 is 0 Å². The van der Waals surface area contributed by atoms with Crippen molar-refractivity contribution in [1.29, 1.82) is 0 Å². The summed E-state index contributed by atoms with van der Waals surface area (Å²) in [5.41, 5.74) is 0. The van der Waals surface area contributed by atoms with Gasteiger partial charge in [-0.3, -0.25) is 0 Å². The standard InChI is InChI=1S/C9H17NO/c1-8(2)4-5-9(3)6-10-7-11/h8-9H,4-6H2,1-3H3/t9-/m1/s1. The van der Waals surface area contributed by atoms with Crippen molar-refractivity contribution in [3.05, 3.63) is 0 Å². The average Bonchev–Trinajstić information content (AvgIpc) is 1.97. The van der Waals surface area contributed by atoms with Crippen LogP contribution in [0.5, 0.6) is 0 Å². The van der Waals surface area contributed by atoms with Crippen LogP contribution in [0.3, 0.4) is 0 Å². The Morgan fingerprint density at radius 3 is 2.36 bits per heavy atom. The van der Waals surface area contributed by atoms with Crippen LogP contribution in [0.2, 0.25) is 0 Å². The van der Waals surface area contributed by atoms with E-state index >= 15 is 0 Å². The molecule has 0 aromatic heterocycles. The van der Waals surface area contributed by atoms with E-state index in [9.17, 15) is 4.79 Å². The highest BCUT2D eigenvalue weighted by atomic mass is 16.1. The Hall–Kier alpha value is -0.620. The maximum absolute atomic E-state index is 9.76. The smallest absolute Gasteiger partial charge is 0.211 e. The molecule has 0 saturated carbocycles. The first-order chi connectivity index (χ1) is 5.16. The molecule has 64 valence electrons. The van der Waals surface area contributed by atoms with Crippen LogP contribution in [0.15, 0.2) is 4.99 Å².